The van der Waals surface area contributed by atoms with E-state index in [1.54, 1.807) is 55.6 Å². The average molecular weight is 434 g/mol. The van der Waals surface area contributed by atoms with Crippen LogP contribution in [-0.2, 0) is 9.84 Å². The van der Waals surface area contributed by atoms with Crippen molar-refractivity contribution in [2.75, 3.05) is 0 Å². The van der Waals surface area contributed by atoms with E-state index in [0.29, 0.717) is 10.6 Å². The summed E-state index contributed by atoms with van der Waals surface area (Å²) < 4.78 is 26.0. The summed E-state index contributed by atoms with van der Waals surface area (Å²) in [5, 5.41) is 0.751. The van der Waals surface area contributed by atoms with Crippen molar-refractivity contribution in [2.24, 2.45) is 0 Å². The number of aromatic nitrogens is 3. The van der Waals surface area contributed by atoms with Crippen molar-refractivity contribution in [2.45, 2.75) is 24.0 Å². The van der Waals surface area contributed by atoms with Gasteiger partial charge < -0.3 is 4.98 Å². The van der Waals surface area contributed by atoms with Crippen LogP contribution in [0, 0.1) is 0 Å². The molecule has 30 heavy (non-hydrogen) atoms. The molecular formula is C23H19N3O2S2. The van der Waals surface area contributed by atoms with Gasteiger partial charge in [0.15, 0.2) is 15.5 Å². The topological polar surface area (TPSA) is 75.7 Å². The zero-order valence-corrected chi connectivity index (χ0v) is 18.1. The molecule has 1 N–H and O–H groups in total. The number of H-pyrrole nitrogens is 1. The highest BCUT2D eigenvalue weighted by Crippen LogP contribution is 2.36. The molecule has 5 aromatic rings. The smallest absolute Gasteiger partial charge is 0.180 e. The molecule has 0 bridgehead atoms. The molecule has 0 unspecified atom stereocenters. The van der Waals surface area contributed by atoms with Crippen molar-refractivity contribution in [1.82, 2.24) is 15.0 Å². The highest BCUT2D eigenvalue weighted by Gasteiger charge is 2.19. The molecule has 0 spiro atoms. The van der Waals surface area contributed by atoms with E-state index in [1.165, 1.54) is 10.1 Å². The third-order valence-corrected chi connectivity index (χ3v) is 8.49. The fourth-order valence-corrected chi connectivity index (χ4v) is 5.56. The van der Waals surface area contributed by atoms with Crippen LogP contribution in [0.3, 0.4) is 0 Å². The van der Waals surface area contributed by atoms with Crippen LogP contribution in [0.4, 0.5) is 0 Å². The van der Waals surface area contributed by atoms with Crippen molar-refractivity contribution in [1.29, 1.82) is 0 Å². The van der Waals surface area contributed by atoms with E-state index in [4.69, 9.17) is 4.98 Å². The number of benzene rings is 2. The lowest BCUT2D eigenvalue weighted by molar-refractivity contribution is 0.587. The van der Waals surface area contributed by atoms with E-state index >= 15 is 0 Å². The molecule has 0 atom stereocenters. The quantitative estimate of drug-likeness (QED) is 0.395. The van der Waals surface area contributed by atoms with Crippen LogP contribution in [0.1, 0.15) is 13.8 Å². The van der Waals surface area contributed by atoms with Crippen LogP contribution in [0.5, 0.6) is 0 Å². The molecule has 0 aliphatic heterocycles. The average Bonchev–Trinajstić information content (AvgIpc) is 3.37. The molecule has 0 fully saturated rings. The molecule has 0 amide bonds. The fourth-order valence-electron chi connectivity index (χ4n) is 3.42. The second-order valence-electron chi connectivity index (χ2n) is 7.42. The summed E-state index contributed by atoms with van der Waals surface area (Å²) in [5.41, 5.74) is 4.08. The Kier molecular flexibility index (Phi) is 4.45. The zero-order chi connectivity index (χ0) is 20.9. The minimum Gasteiger partial charge on any atom is -0.344 e. The Labute approximate surface area is 178 Å². The van der Waals surface area contributed by atoms with Crippen molar-refractivity contribution >= 4 is 42.4 Å². The molecular weight excluding hydrogens is 414 g/mol. The molecule has 3 aromatic heterocycles. The minimum atomic E-state index is -3.30. The zero-order valence-electron chi connectivity index (χ0n) is 16.5. The maximum Gasteiger partial charge on any atom is 0.180 e. The largest absolute Gasteiger partial charge is 0.344 e. The molecule has 3 heterocycles. The lowest BCUT2D eigenvalue weighted by Crippen LogP contribution is -2.13. The summed E-state index contributed by atoms with van der Waals surface area (Å²) in [6.45, 7) is 3.37. The van der Waals surface area contributed by atoms with Crippen LogP contribution in [-0.4, -0.2) is 28.6 Å². The molecule has 0 saturated heterocycles. The van der Waals surface area contributed by atoms with Crippen LogP contribution < -0.4 is 0 Å². The molecule has 0 aliphatic carbocycles. The molecule has 2 aromatic carbocycles. The van der Waals surface area contributed by atoms with Gasteiger partial charge in [-0.25, -0.2) is 18.4 Å². The molecule has 5 nitrogen and oxygen atoms in total. The van der Waals surface area contributed by atoms with Gasteiger partial charge in [0.1, 0.15) is 5.52 Å². The molecule has 7 heteroatoms. The fraction of sp³-hybridized carbons (Fsp3) is 0.130. The van der Waals surface area contributed by atoms with Gasteiger partial charge in [-0.15, -0.1) is 11.3 Å². The number of rotatable bonds is 4. The second kappa shape index (κ2) is 7.04. The van der Waals surface area contributed by atoms with E-state index in [9.17, 15) is 8.42 Å². The number of thiophene rings is 1. The number of sulfone groups is 1. The van der Waals surface area contributed by atoms with Crippen molar-refractivity contribution in [3.63, 3.8) is 0 Å². The van der Waals surface area contributed by atoms with E-state index in [2.05, 4.69) is 28.2 Å². The predicted octanol–water partition coefficient (Wildman–Crippen LogP) is 5.69. The maximum atomic E-state index is 12.4. The normalized spacial score (nSPS) is 12.2. The van der Waals surface area contributed by atoms with E-state index in [1.807, 2.05) is 18.3 Å². The first-order valence-corrected chi connectivity index (χ1v) is 12.0. The number of hydrogen-bond donors (Lipinski definition) is 1. The Balaban J connectivity index is 1.58. The SMILES string of the molecule is CC(C)S(=O)(=O)c1ccc(-c2cnc3[nH]cc(-c4cc5ccccc5s4)c3n2)cc1. The highest BCUT2D eigenvalue weighted by atomic mass is 32.2. The molecule has 0 saturated carbocycles. The number of nitrogens with one attached hydrogen (secondary N) is 1. The Bertz CT molecular complexity index is 1450. The minimum absolute atomic E-state index is 0.322. The van der Waals surface area contributed by atoms with Crippen molar-refractivity contribution < 1.29 is 8.42 Å². The van der Waals surface area contributed by atoms with Gasteiger partial charge >= 0.3 is 0 Å². The summed E-state index contributed by atoms with van der Waals surface area (Å²) in [7, 11) is -3.30. The first-order valence-electron chi connectivity index (χ1n) is 9.61. The molecule has 150 valence electrons. The summed E-state index contributed by atoms with van der Waals surface area (Å²) >= 11 is 1.72. The Morgan fingerprint density at radius 2 is 1.80 bits per heavy atom. The maximum absolute atomic E-state index is 12.4. The van der Waals surface area contributed by atoms with Gasteiger partial charge in [-0.2, -0.15) is 0 Å². The third-order valence-electron chi connectivity index (χ3n) is 5.17. The van der Waals surface area contributed by atoms with Crippen LogP contribution in [0.15, 0.2) is 71.9 Å². The number of nitrogens with zero attached hydrogens (tertiary/aromatic N) is 2. The standard InChI is InChI=1S/C23H19N3O2S2/c1-14(2)30(27,28)17-9-7-15(8-10-17)19-13-25-23-22(26-19)18(12-24-23)21-11-16-5-3-4-6-20(16)29-21/h3-14H,1-2H3,(H,24,25). The van der Waals surface area contributed by atoms with E-state index in [-0.39, 0.29) is 0 Å². The highest BCUT2D eigenvalue weighted by molar-refractivity contribution is 7.92. The summed E-state index contributed by atoms with van der Waals surface area (Å²) in [6, 6.07) is 17.3. The van der Waals surface area contributed by atoms with Gasteiger partial charge in [-0.05, 0) is 43.5 Å². The van der Waals surface area contributed by atoms with Gasteiger partial charge in [-0.3, -0.25) is 0 Å². The van der Waals surface area contributed by atoms with Crippen LogP contribution in [0.2, 0.25) is 0 Å². The van der Waals surface area contributed by atoms with E-state index in [0.717, 1.165) is 27.2 Å². The van der Waals surface area contributed by atoms with E-state index < -0.39 is 15.1 Å². The Hall–Kier alpha value is -3.03. The lowest BCUT2D eigenvalue weighted by atomic mass is 10.1. The monoisotopic (exact) mass is 433 g/mol. The first-order chi connectivity index (χ1) is 14.4. The first kappa shape index (κ1) is 19.0. The lowest BCUT2D eigenvalue weighted by Gasteiger charge is -2.08. The summed E-state index contributed by atoms with van der Waals surface area (Å²) in [4.78, 5) is 14.0. The third kappa shape index (κ3) is 3.11. The molecule has 0 aliphatic rings. The van der Waals surface area contributed by atoms with Gasteiger partial charge in [0.05, 0.1) is 22.0 Å². The van der Waals surface area contributed by atoms with Gasteiger partial charge in [0, 0.05) is 26.9 Å². The number of fused-ring (bicyclic) bond motifs is 2. The predicted molar refractivity (Wildman–Crippen MR) is 122 cm³/mol. The molecule has 5 rings (SSSR count). The number of hydrogen-bond acceptors (Lipinski definition) is 5. The summed E-state index contributed by atoms with van der Waals surface area (Å²) in [5.74, 6) is 0. The van der Waals surface area contributed by atoms with Crippen LogP contribution >= 0.6 is 11.3 Å². The second-order valence-corrected chi connectivity index (χ2v) is 11.0. The van der Waals surface area contributed by atoms with Crippen LogP contribution in [0.25, 0.3) is 42.9 Å². The molecule has 0 radical (unpaired) electrons. The Morgan fingerprint density at radius 3 is 2.53 bits per heavy atom. The number of aromatic amines is 1. The summed E-state index contributed by atoms with van der Waals surface area (Å²) in [6.07, 6.45) is 3.65. The Morgan fingerprint density at radius 1 is 1.03 bits per heavy atom. The van der Waals surface area contributed by atoms with Gasteiger partial charge in [-0.1, -0.05) is 30.3 Å². The van der Waals surface area contributed by atoms with Crippen molar-refractivity contribution in [3.05, 3.63) is 67.0 Å². The van der Waals surface area contributed by atoms with Gasteiger partial charge in [0.2, 0.25) is 0 Å². The van der Waals surface area contributed by atoms with Gasteiger partial charge in [0.25, 0.3) is 0 Å². The van der Waals surface area contributed by atoms with Crippen molar-refractivity contribution in [3.8, 4) is 21.7 Å².